The van der Waals surface area contributed by atoms with Crippen LogP contribution in [0, 0.1) is 22.0 Å². The molecule has 2 fully saturated rings. The van der Waals surface area contributed by atoms with E-state index in [0.29, 0.717) is 23.5 Å². The largest absolute Gasteiger partial charge is 0.353 e. The van der Waals surface area contributed by atoms with Gasteiger partial charge in [-0.05, 0) is 24.7 Å². The number of nitro groups is 1. The molecule has 1 aromatic heterocycles. The van der Waals surface area contributed by atoms with E-state index in [4.69, 9.17) is 0 Å². The number of aromatic nitrogens is 2. The zero-order chi connectivity index (χ0) is 15.0. The molecule has 2 aliphatic heterocycles. The molecule has 7 nitrogen and oxygen atoms in total. The highest BCUT2D eigenvalue weighted by molar-refractivity contribution is 5.71. The molecule has 0 aliphatic carbocycles. The van der Waals surface area contributed by atoms with Crippen molar-refractivity contribution in [2.45, 2.75) is 26.7 Å². The van der Waals surface area contributed by atoms with Crippen LogP contribution in [0.15, 0.2) is 6.33 Å². The fourth-order valence-corrected chi connectivity index (χ4v) is 3.24. The van der Waals surface area contributed by atoms with Gasteiger partial charge in [0.05, 0.1) is 4.92 Å². The van der Waals surface area contributed by atoms with Crippen molar-refractivity contribution in [2.75, 3.05) is 36.0 Å². The van der Waals surface area contributed by atoms with E-state index in [-0.39, 0.29) is 10.6 Å². The number of rotatable bonds is 3. The highest BCUT2D eigenvalue weighted by Crippen LogP contribution is 2.37. The lowest BCUT2D eigenvalue weighted by Crippen LogP contribution is -2.26. The van der Waals surface area contributed by atoms with Crippen molar-refractivity contribution in [3.8, 4) is 0 Å². The van der Waals surface area contributed by atoms with E-state index in [1.165, 1.54) is 6.33 Å². The minimum atomic E-state index is -0.323. The number of nitrogens with zero attached hydrogens (tertiary/aromatic N) is 5. The molecule has 2 unspecified atom stereocenters. The summed E-state index contributed by atoms with van der Waals surface area (Å²) in [6, 6.07) is 0. The van der Waals surface area contributed by atoms with Crippen molar-refractivity contribution < 1.29 is 4.92 Å². The van der Waals surface area contributed by atoms with Crippen LogP contribution in [0.1, 0.15) is 26.7 Å². The van der Waals surface area contributed by atoms with E-state index in [1.54, 1.807) is 0 Å². The Kier molecular flexibility index (Phi) is 3.65. The van der Waals surface area contributed by atoms with Crippen LogP contribution in [0.3, 0.4) is 0 Å². The van der Waals surface area contributed by atoms with Gasteiger partial charge in [-0.1, -0.05) is 13.8 Å². The first-order valence-electron chi connectivity index (χ1n) is 7.55. The van der Waals surface area contributed by atoms with Gasteiger partial charge in [0.15, 0.2) is 0 Å². The average molecular weight is 291 g/mol. The Morgan fingerprint density at radius 1 is 1.10 bits per heavy atom. The molecule has 0 radical (unpaired) electrons. The fraction of sp³-hybridized carbons (Fsp3) is 0.714. The average Bonchev–Trinajstić information content (AvgIpc) is 3.06. The van der Waals surface area contributed by atoms with Gasteiger partial charge >= 0.3 is 5.69 Å². The van der Waals surface area contributed by atoms with Crippen LogP contribution in [0.25, 0.3) is 0 Å². The van der Waals surface area contributed by atoms with Gasteiger partial charge in [0.2, 0.25) is 11.6 Å². The molecule has 1 aromatic rings. The summed E-state index contributed by atoms with van der Waals surface area (Å²) in [6.45, 7) is 7.64. The van der Waals surface area contributed by atoms with Crippen LogP contribution < -0.4 is 9.80 Å². The molecular formula is C14H21N5O2. The van der Waals surface area contributed by atoms with Gasteiger partial charge < -0.3 is 9.80 Å². The Labute approximate surface area is 124 Å². The van der Waals surface area contributed by atoms with E-state index in [2.05, 4.69) is 23.8 Å². The lowest BCUT2D eigenvalue weighted by Gasteiger charge is -2.21. The summed E-state index contributed by atoms with van der Waals surface area (Å²) >= 11 is 0. The van der Waals surface area contributed by atoms with E-state index in [0.717, 1.165) is 39.0 Å². The normalized spacial score (nSPS) is 25.6. The van der Waals surface area contributed by atoms with E-state index in [9.17, 15) is 10.1 Å². The Hall–Kier alpha value is -1.92. The van der Waals surface area contributed by atoms with E-state index in [1.807, 2.05) is 9.80 Å². The fourth-order valence-electron chi connectivity index (χ4n) is 3.24. The van der Waals surface area contributed by atoms with Gasteiger partial charge in [0.25, 0.3) is 0 Å². The monoisotopic (exact) mass is 291 g/mol. The van der Waals surface area contributed by atoms with Crippen LogP contribution in [0.2, 0.25) is 0 Å². The zero-order valence-electron chi connectivity index (χ0n) is 12.5. The Morgan fingerprint density at radius 2 is 1.57 bits per heavy atom. The molecule has 3 heterocycles. The minimum Gasteiger partial charge on any atom is -0.350 e. The Balaban J connectivity index is 1.99. The summed E-state index contributed by atoms with van der Waals surface area (Å²) in [4.78, 5) is 23.7. The second-order valence-corrected chi connectivity index (χ2v) is 6.31. The maximum Gasteiger partial charge on any atom is 0.353 e. The first kappa shape index (κ1) is 14.0. The maximum atomic E-state index is 11.6. The molecular weight excluding hydrogens is 270 g/mol. The third-order valence-corrected chi connectivity index (χ3v) is 4.41. The summed E-state index contributed by atoms with van der Waals surface area (Å²) in [5, 5.41) is 11.6. The molecule has 21 heavy (non-hydrogen) atoms. The van der Waals surface area contributed by atoms with Crippen molar-refractivity contribution in [1.82, 2.24) is 9.97 Å². The third kappa shape index (κ3) is 2.64. The first-order valence-corrected chi connectivity index (χ1v) is 7.55. The molecule has 0 N–H and O–H groups in total. The van der Waals surface area contributed by atoms with E-state index < -0.39 is 0 Å². The number of anilines is 2. The van der Waals surface area contributed by atoms with Crippen molar-refractivity contribution in [1.29, 1.82) is 0 Å². The second-order valence-electron chi connectivity index (χ2n) is 6.31. The highest BCUT2D eigenvalue weighted by atomic mass is 16.6. The molecule has 0 bridgehead atoms. The van der Waals surface area contributed by atoms with Gasteiger partial charge in [-0.25, -0.2) is 9.97 Å². The van der Waals surface area contributed by atoms with Crippen LogP contribution >= 0.6 is 0 Å². The molecule has 2 aliphatic rings. The summed E-state index contributed by atoms with van der Waals surface area (Å²) in [5.41, 5.74) is 0.0701. The molecule has 2 atom stereocenters. The quantitative estimate of drug-likeness (QED) is 0.627. The molecule has 0 spiro atoms. The van der Waals surface area contributed by atoms with Crippen molar-refractivity contribution in [2.24, 2.45) is 11.8 Å². The lowest BCUT2D eigenvalue weighted by molar-refractivity contribution is -0.383. The van der Waals surface area contributed by atoms with Crippen LogP contribution in [0.4, 0.5) is 17.3 Å². The SMILES string of the molecule is CC1CCN(c2ncnc(N3CCC(C)C3)c2[N+](=O)[O-])C1. The number of hydrogen-bond donors (Lipinski definition) is 0. The smallest absolute Gasteiger partial charge is 0.350 e. The molecule has 7 heteroatoms. The highest BCUT2D eigenvalue weighted by Gasteiger charge is 2.34. The van der Waals surface area contributed by atoms with Gasteiger partial charge in [-0.2, -0.15) is 0 Å². The molecule has 114 valence electrons. The molecule has 3 rings (SSSR count). The predicted molar refractivity (Wildman–Crippen MR) is 80.7 cm³/mol. The van der Waals surface area contributed by atoms with Crippen LogP contribution in [-0.4, -0.2) is 41.1 Å². The van der Waals surface area contributed by atoms with E-state index >= 15 is 0 Å². The first-order chi connectivity index (χ1) is 10.1. The second kappa shape index (κ2) is 5.46. The minimum absolute atomic E-state index is 0.0701. The summed E-state index contributed by atoms with van der Waals surface area (Å²) in [6.07, 6.45) is 3.57. The standard InChI is InChI=1S/C14H21N5O2/c1-10-3-5-17(7-10)13-12(19(20)21)14(16-9-15-13)18-6-4-11(2)8-18/h9-11H,3-8H2,1-2H3. The summed E-state index contributed by atoms with van der Waals surface area (Å²) in [5.74, 6) is 2.06. The predicted octanol–water partition coefficient (Wildman–Crippen LogP) is 2.08. The molecule has 2 saturated heterocycles. The lowest BCUT2D eigenvalue weighted by atomic mass is 10.2. The molecule has 0 saturated carbocycles. The Morgan fingerprint density at radius 3 is 1.90 bits per heavy atom. The van der Waals surface area contributed by atoms with Crippen molar-refractivity contribution in [3.63, 3.8) is 0 Å². The van der Waals surface area contributed by atoms with Gasteiger partial charge in [-0.3, -0.25) is 10.1 Å². The van der Waals surface area contributed by atoms with Gasteiger partial charge in [-0.15, -0.1) is 0 Å². The van der Waals surface area contributed by atoms with Crippen LogP contribution in [-0.2, 0) is 0 Å². The molecule has 0 aromatic carbocycles. The zero-order valence-corrected chi connectivity index (χ0v) is 12.5. The topological polar surface area (TPSA) is 75.4 Å². The summed E-state index contributed by atoms with van der Waals surface area (Å²) < 4.78 is 0. The van der Waals surface area contributed by atoms with Crippen LogP contribution in [0.5, 0.6) is 0 Å². The number of hydrogen-bond acceptors (Lipinski definition) is 6. The molecule has 0 amide bonds. The van der Waals surface area contributed by atoms with Crippen molar-refractivity contribution in [3.05, 3.63) is 16.4 Å². The third-order valence-electron chi connectivity index (χ3n) is 4.41. The summed E-state index contributed by atoms with van der Waals surface area (Å²) in [7, 11) is 0. The van der Waals surface area contributed by atoms with Gasteiger partial charge in [0.1, 0.15) is 6.33 Å². The Bertz CT molecular complexity index is 512. The van der Waals surface area contributed by atoms with Gasteiger partial charge in [0, 0.05) is 26.2 Å². The maximum absolute atomic E-state index is 11.6. The van der Waals surface area contributed by atoms with Crippen molar-refractivity contribution >= 4 is 17.3 Å².